The maximum absolute atomic E-state index is 13.0. The number of carbonyl (C=O) groups excluding carboxylic acids is 2. The predicted octanol–water partition coefficient (Wildman–Crippen LogP) is 2.40. The molecule has 1 aliphatic rings. The monoisotopic (exact) mass is 427 g/mol. The van der Waals surface area contributed by atoms with Crippen LogP contribution < -0.4 is 0 Å². The van der Waals surface area contributed by atoms with Gasteiger partial charge in [0, 0.05) is 13.1 Å². The first-order chi connectivity index (χ1) is 14.8. The molecule has 2 N–H and O–H groups in total. The van der Waals surface area contributed by atoms with Crippen molar-refractivity contribution in [3.63, 3.8) is 0 Å². The van der Waals surface area contributed by atoms with E-state index in [4.69, 9.17) is 9.47 Å². The average Bonchev–Trinajstić information content (AvgIpc) is 3.32. The smallest absolute Gasteiger partial charge is 0.283 e. The summed E-state index contributed by atoms with van der Waals surface area (Å²) in [6.07, 6.45) is 0.926. The highest BCUT2D eigenvalue weighted by Crippen LogP contribution is 2.25. The van der Waals surface area contributed by atoms with Crippen LogP contribution in [0.25, 0.3) is 0 Å². The fraction of sp³-hybridized carbons (Fsp3) is 0.417. The second-order valence-electron chi connectivity index (χ2n) is 7.92. The van der Waals surface area contributed by atoms with Crippen LogP contribution in [0.1, 0.15) is 37.3 Å². The Balaban J connectivity index is 1.71. The van der Waals surface area contributed by atoms with Gasteiger partial charge < -0.3 is 24.6 Å². The van der Waals surface area contributed by atoms with Crippen LogP contribution in [0.15, 0.2) is 60.7 Å². The van der Waals surface area contributed by atoms with Crippen LogP contribution in [0.3, 0.4) is 0 Å². The number of aliphatic hydroxyl groups is 2. The van der Waals surface area contributed by atoms with Crippen LogP contribution in [0.4, 0.5) is 0 Å². The molecule has 1 aliphatic heterocycles. The summed E-state index contributed by atoms with van der Waals surface area (Å²) in [6, 6.07) is 18.1. The summed E-state index contributed by atoms with van der Waals surface area (Å²) in [6.45, 7) is 2.13. The number of benzene rings is 2. The van der Waals surface area contributed by atoms with Crippen LogP contribution in [-0.2, 0) is 32.3 Å². The molecule has 7 heteroatoms. The molecule has 2 atom stereocenters. The molecule has 0 saturated carbocycles. The minimum Gasteiger partial charge on any atom is -0.360 e. The molecule has 3 rings (SSSR count). The second kappa shape index (κ2) is 10.2. The molecule has 2 unspecified atom stereocenters. The van der Waals surface area contributed by atoms with Gasteiger partial charge in [-0.15, -0.1) is 0 Å². The molecule has 31 heavy (non-hydrogen) atoms. The fourth-order valence-corrected chi connectivity index (χ4v) is 3.39. The molecule has 166 valence electrons. The van der Waals surface area contributed by atoms with Crippen molar-refractivity contribution in [2.45, 2.75) is 51.0 Å². The van der Waals surface area contributed by atoms with Crippen LogP contribution >= 0.6 is 0 Å². The van der Waals surface area contributed by atoms with E-state index >= 15 is 0 Å². The van der Waals surface area contributed by atoms with E-state index in [0.29, 0.717) is 13.1 Å². The van der Waals surface area contributed by atoms with Crippen molar-refractivity contribution in [2.75, 3.05) is 13.1 Å². The lowest BCUT2D eigenvalue weighted by atomic mass is 10.0. The Morgan fingerprint density at radius 3 is 1.87 bits per heavy atom. The van der Waals surface area contributed by atoms with E-state index in [1.807, 2.05) is 36.4 Å². The van der Waals surface area contributed by atoms with Crippen LogP contribution in [0.5, 0.6) is 0 Å². The Hall–Kier alpha value is -2.58. The maximum atomic E-state index is 13.0. The minimum absolute atomic E-state index is 0.00293. The third-order valence-corrected chi connectivity index (χ3v) is 5.33. The standard InChI is InChI=1S/C24H29NO6/c1-23(28,30-17-19-10-4-2-5-11-19)21(26)16-24(29,22(27)25-14-8-9-15-25)31-18-20-12-6-3-7-13-20/h2-7,10-13,28-29H,8-9,14-18H2,1H3. The topological polar surface area (TPSA) is 96.3 Å². The first kappa shape index (κ1) is 23.1. The Kier molecular flexibility index (Phi) is 7.56. The lowest BCUT2D eigenvalue weighted by molar-refractivity contribution is -0.236. The SMILES string of the molecule is CC(O)(OCc1ccccc1)C(=O)CC(O)(OCc1ccccc1)C(=O)N1CCCC1. The molecule has 1 amide bonds. The van der Waals surface area contributed by atoms with Crippen molar-refractivity contribution >= 4 is 11.7 Å². The van der Waals surface area contributed by atoms with E-state index in [0.717, 1.165) is 24.0 Å². The third kappa shape index (κ3) is 6.21. The summed E-state index contributed by atoms with van der Waals surface area (Å²) >= 11 is 0. The number of ether oxygens (including phenoxy) is 2. The Bertz CT molecular complexity index is 864. The van der Waals surface area contributed by atoms with Crippen molar-refractivity contribution < 1.29 is 29.3 Å². The molecular weight excluding hydrogens is 398 g/mol. The number of rotatable bonds is 10. The van der Waals surface area contributed by atoms with E-state index < -0.39 is 29.7 Å². The maximum Gasteiger partial charge on any atom is 0.283 e. The Labute approximate surface area is 182 Å². The first-order valence-electron chi connectivity index (χ1n) is 10.4. The second-order valence-corrected chi connectivity index (χ2v) is 7.92. The number of amides is 1. The molecule has 2 aromatic rings. The van der Waals surface area contributed by atoms with E-state index in [2.05, 4.69) is 0 Å². The largest absolute Gasteiger partial charge is 0.360 e. The summed E-state index contributed by atoms with van der Waals surface area (Å²) in [5.74, 6) is -6.09. The molecule has 0 aliphatic carbocycles. The number of carbonyl (C=O) groups is 2. The number of ketones is 1. The number of hydrogen-bond donors (Lipinski definition) is 2. The molecule has 0 radical (unpaired) electrons. The van der Waals surface area contributed by atoms with Gasteiger partial charge in [-0.2, -0.15) is 0 Å². The molecule has 1 fully saturated rings. The molecule has 1 heterocycles. The van der Waals surface area contributed by atoms with Crippen molar-refractivity contribution in [1.82, 2.24) is 4.90 Å². The van der Waals surface area contributed by atoms with Gasteiger partial charge in [0.25, 0.3) is 11.7 Å². The third-order valence-electron chi connectivity index (χ3n) is 5.33. The van der Waals surface area contributed by atoms with Gasteiger partial charge in [0.1, 0.15) is 0 Å². The van der Waals surface area contributed by atoms with Crippen LogP contribution in [0.2, 0.25) is 0 Å². The normalized spacial score (nSPS) is 17.7. The molecule has 7 nitrogen and oxygen atoms in total. The highest BCUT2D eigenvalue weighted by atomic mass is 16.6. The van der Waals surface area contributed by atoms with E-state index in [1.54, 1.807) is 24.3 Å². The van der Waals surface area contributed by atoms with Crippen molar-refractivity contribution in [3.8, 4) is 0 Å². The van der Waals surface area contributed by atoms with Gasteiger partial charge in [0.2, 0.25) is 5.79 Å². The molecule has 0 bridgehead atoms. The summed E-state index contributed by atoms with van der Waals surface area (Å²) < 4.78 is 11.0. The molecule has 2 aromatic carbocycles. The van der Waals surface area contributed by atoms with Crippen molar-refractivity contribution in [1.29, 1.82) is 0 Å². The van der Waals surface area contributed by atoms with E-state index in [9.17, 15) is 19.8 Å². The van der Waals surface area contributed by atoms with Crippen LogP contribution in [-0.4, -0.2) is 51.5 Å². The van der Waals surface area contributed by atoms with E-state index in [1.165, 1.54) is 11.8 Å². The minimum atomic E-state index is -2.39. The number of nitrogens with zero attached hydrogens (tertiary/aromatic N) is 1. The van der Waals surface area contributed by atoms with Gasteiger partial charge in [-0.3, -0.25) is 9.59 Å². The van der Waals surface area contributed by atoms with Gasteiger partial charge >= 0.3 is 0 Å². The van der Waals surface area contributed by atoms with E-state index in [-0.39, 0.29) is 13.2 Å². The zero-order chi connectivity index (χ0) is 22.3. The molecule has 0 aromatic heterocycles. The summed E-state index contributed by atoms with van der Waals surface area (Å²) in [4.78, 5) is 27.3. The molecular formula is C24H29NO6. The lowest BCUT2D eigenvalue weighted by Gasteiger charge is -2.32. The predicted molar refractivity (Wildman–Crippen MR) is 113 cm³/mol. The zero-order valence-corrected chi connectivity index (χ0v) is 17.7. The lowest BCUT2D eigenvalue weighted by Crippen LogP contribution is -2.54. The van der Waals surface area contributed by atoms with Gasteiger partial charge in [0.05, 0.1) is 19.6 Å². The zero-order valence-electron chi connectivity index (χ0n) is 17.7. The number of hydrogen-bond acceptors (Lipinski definition) is 6. The van der Waals surface area contributed by atoms with Crippen molar-refractivity contribution in [2.24, 2.45) is 0 Å². The molecule has 1 saturated heterocycles. The summed E-state index contributed by atoms with van der Waals surface area (Å²) in [7, 11) is 0. The summed E-state index contributed by atoms with van der Waals surface area (Å²) in [5.41, 5.74) is 1.52. The van der Waals surface area contributed by atoms with Gasteiger partial charge in [-0.05, 0) is 30.9 Å². The Morgan fingerprint density at radius 1 is 0.871 bits per heavy atom. The fourth-order valence-electron chi connectivity index (χ4n) is 3.39. The first-order valence-corrected chi connectivity index (χ1v) is 10.4. The van der Waals surface area contributed by atoms with Gasteiger partial charge in [-0.25, -0.2) is 0 Å². The van der Waals surface area contributed by atoms with Crippen molar-refractivity contribution in [3.05, 3.63) is 71.8 Å². The number of Topliss-reactive ketones (excluding diaryl/α,β-unsaturated/α-hetero) is 1. The summed E-state index contributed by atoms with van der Waals surface area (Å²) in [5, 5.41) is 21.7. The van der Waals surface area contributed by atoms with Gasteiger partial charge in [-0.1, -0.05) is 60.7 Å². The van der Waals surface area contributed by atoms with Crippen LogP contribution in [0, 0.1) is 0 Å². The highest BCUT2D eigenvalue weighted by Gasteiger charge is 2.47. The highest BCUT2D eigenvalue weighted by molar-refractivity contribution is 5.93. The Morgan fingerprint density at radius 2 is 1.35 bits per heavy atom. The average molecular weight is 427 g/mol. The molecule has 0 spiro atoms. The quantitative estimate of drug-likeness (QED) is 0.566. The van der Waals surface area contributed by atoms with Gasteiger partial charge in [0.15, 0.2) is 5.78 Å². The number of likely N-dealkylation sites (tertiary alicyclic amines) is 1.